The van der Waals surface area contributed by atoms with Crippen molar-refractivity contribution in [3.8, 4) is 0 Å². The van der Waals surface area contributed by atoms with E-state index in [2.05, 4.69) is 21.2 Å². The van der Waals surface area contributed by atoms with Gasteiger partial charge in [0.15, 0.2) is 5.78 Å². The van der Waals surface area contributed by atoms with E-state index in [1.807, 2.05) is 19.1 Å². The molecule has 1 aromatic carbocycles. The Balaban J connectivity index is 1.86. The summed E-state index contributed by atoms with van der Waals surface area (Å²) in [6, 6.07) is 7.31. The molecule has 1 heterocycles. The third-order valence-corrected chi connectivity index (χ3v) is 6.88. The molecule has 1 N–H and O–H groups in total. The Bertz CT molecular complexity index is 768. The van der Waals surface area contributed by atoms with E-state index < -0.39 is 29.3 Å². The topological polar surface area (TPSA) is 72.5 Å². The minimum absolute atomic E-state index is 0.0492. The quantitative estimate of drug-likeness (QED) is 0.377. The van der Waals surface area contributed by atoms with Crippen molar-refractivity contribution in [2.45, 2.75) is 70.9 Å². The number of cyclic esters (lactones) is 1. The van der Waals surface area contributed by atoms with Gasteiger partial charge >= 0.3 is 5.97 Å². The molecule has 0 aromatic heterocycles. The molecule has 0 spiro atoms. The van der Waals surface area contributed by atoms with Crippen molar-refractivity contribution in [3.05, 3.63) is 34.3 Å². The van der Waals surface area contributed by atoms with Crippen molar-refractivity contribution < 1.29 is 19.1 Å². The molecule has 1 amide bonds. The molecule has 6 heteroatoms. The summed E-state index contributed by atoms with van der Waals surface area (Å²) in [5.41, 5.74) is -0.293. The van der Waals surface area contributed by atoms with E-state index in [4.69, 9.17) is 4.74 Å². The molecular weight excluding hydrogens is 434 g/mol. The smallest absolute Gasteiger partial charge is 0.319 e. The van der Waals surface area contributed by atoms with Crippen LogP contribution in [0, 0.1) is 17.8 Å². The van der Waals surface area contributed by atoms with Crippen molar-refractivity contribution >= 4 is 33.6 Å². The van der Waals surface area contributed by atoms with E-state index in [0.717, 1.165) is 30.2 Å². The second kappa shape index (κ2) is 8.99. The Labute approximate surface area is 181 Å². The Morgan fingerprint density at radius 3 is 2.38 bits per heavy atom. The van der Waals surface area contributed by atoms with Crippen LogP contribution >= 0.6 is 15.9 Å². The maximum atomic E-state index is 13.3. The molecule has 3 rings (SSSR count). The Hall–Kier alpha value is -1.69. The van der Waals surface area contributed by atoms with Gasteiger partial charge in [-0.15, -0.1) is 0 Å². The minimum Gasteiger partial charge on any atom is -0.459 e. The molecule has 1 aliphatic carbocycles. The summed E-state index contributed by atoms with van der Waals surface area (Å²) in [5.74, 6) is -2.78. The number of hydrogen-bond donors (Lipinski definition) is 1. The van der Waals surface area contributed by atoms with Crippen molar-refractivity contribution in [1.82, 2.24) is 5.32 Å². The number of benzene rings is 1. The Morgan fingerprint density at radius 2 is 1.79 bits per heavy atom. The van der Waals surface area contributed by atoms with Gasteiger partial charge in [0.25, 0.3) is 0 Å². The molecule has 1 aromatic rings. The number of carbonyl (C=O) groups excluding carboxylic acids is 3. The van der Waals surface area contributed by atoms with E-state index in [9.17, 15) is 14.4 Å². The molecule has 1 saturated heterocycles. The van der Waals surface area contributed by atoms with Gasteiger partial charge in [0.1, 0.15) is 11.5 Å². The molecule has 2 fully saturated rings. The van der Waals surface area contributed by atoms with Crippen LogP contribution < -0.4 is 5.32 Å². The van der Waals surface area contributed by atoms with Gasteiger partial charge in [-0.05, 0) is 45.2 Å². The molecule has 29 heavy (non-hydrogen) atoms. The van der Waals surface area contributed by atoms with Crippen LogP contribution in [0.3, 0.4) is 0 Å². The number of hydrogen-bond acceptors (Lipinski definition) is 4. The number of ketones is 1. The summed E-state index contributed by atoms with van der Waals surface area (Å²) in [6.07, 6.45) is 5.79. The van der Waals surface area contributed by atoms with Crippen LogP contribution in [-0.4, -0.2) is 29.3 Å². The monoisotopic (exact) mass is 463 g/mol. The predicted molar refractivity (Wildman–Crippen MR) is 114 cm³/mol. The average molecular weight is 464 g/mol. The molecule has 0 radical (unpaired) electrons. The summed E-state index contributed by atoms with van der Waals surface area (Å²) in [4.78, 5) is 39.1. The molecule has 3 atom stereocenters. The highest BCUT2D eigenvalue weighted by atomic mass is 79.9. The van der Waals surface area contributed by atoms with Crippen molar-refractivity contribution in [3.63, 3.8) is 0 Å². The number of ether oxygens (including phenoxy) is 1. The first-order valence-electron chi connectivity index (χ1n) is 10.6. The van der Waals surface area contributed by atoms with Gasteiger partial charge in [0.2, 0.25) is 5.91 Å². The fraction of sp³-hybridized carbons (Fsp3) is 0.609. The lowest BCUT2D eigenvalue weighted by Gasteiger charge is -2.33. The highest BCUT2D eigenvalue weighted by Crippen LogP contribution is 2.44. The van der Waals surface area contributed by atoms with Gasteiger partial charge < -0.3 is 10.1 Å². The van der Waals surface area contributed by atoms with Gasteiger partial charge in [-0.3, -0.25) is 14.4 Å². The van der Waals surface area contributed by atoms with Crippen molar-refractivity contribution in [2.75, 3.05) is 0 Å². The second-order valence-corrected chi connectivity index (χ2v) is 9.67. The average Bonchev–Trinajstić information content (AvgIpc) is 2.92. The van der Waals surface area contributed by atoms with Crippen LogP contribution in [0.15, 0.2) is 28.7 Å². The number of halogens is 1. The maximum Gasteiger partial charge on any atom is 0.319 e. The Morgan fingerprint density at radius 1 is 1.17 bits per heavy atom. The fourth-order valence-electron chi connectivity index (χ4n) is 4.89. The lowest BCUT2D eigenvalue weighted by atomic mass is 9.70. The third-order valence-electron chi connectivity index (χ3n) is 6.35. The van der Waals surface area contributed by atoms with Crippen LogP contribution in [0.5, 0.6) is 0 Å². The second-order valence-electron chi connectivity index (χ2n) is 8.76. The highest BCUT2D eigenvalue weighted by Gasteiger charge is 2.57. The maximum absolute atomic E-state index is 13.3. The van der Waals surface area contributed by atoms with Crippen LogP contribution in [0.25, 0.3) is 0 Å². The van der Waals surface area contributed by atoms with Gasteiger partial charge in [0, 0.05) is 27.9 Å². The summed E-state index contributed by atoms with van der Waals surface area (Å²) in [5, 5.41) is 3.07. The summed E-state index contributed by atoms with van der Waals surface area (Å²) in [6.45, 7) is 5.54. The van der Waals surface area contributed by atoms with E-state index >= 15 is 0 Å². The number of nitrogens with one attached hydrogen (secondary N) is 1. The molecule has 1 aliphatic heterocycles. The first kappa shape index (κ1) is 22.0. The van der Waals surface area contributed by atoms with Gasteiger partial charge in [0.05, 0.1) is 0 Å². The zero-order valence-electron chi connectivity index (χ0n) is 17.4. The normalized spacial score (nSPS) is 25.3. The highest BCUT2D eigenvalue weighted by molar-refractivity contribution is 9.10. The van der Waals surface area contributed by atoms with E-state index in [-0.39, 0.29) is 17.7 Å². The van der Waals surface area contributed by atoms with E-state index in [1.165, 1.54) is 6.42 Å². The molecule has 0 bridgehead atoms. The van der Waals surface area contributed by atoms with Gasteiger partial charge in [-0.2, -0.15) is 0 Å². The standard InChI is InChI=1S/C23H30BrNO4/c1-4-17(20(26)14-10-12-15(24)13-11-14)19-18(22(28)29-23(19,2)3)21(27)25-16-8-6-5-7-9-16/h10-13,16-19H,4-9H2,1-3H3,(H,25,27)/t17-,18+,19-/m0/s1. The molecule has 2 aliphatic rings. The van der Waals surface area contributed by atoms with E-state index in [0.29, 0.717) is 12.0 Å². The van der Waals surface area contributed by atoms with Crippen molar-refractivity contribution in [2.24, 2.45) is 17.8 Å². The minimum atomic E-state index is -0.948. The van der Waals surface area contributed by atoms with Crippen molar-refractivity contribution in [1.29, 1.82) is 0 Å². The van der Waals surface area contributed by atoms with Crippen LogP contribution in [0.1, 0.15) is 69.7 Å². The van der Waals surface area contributed by atoms with Crippen LogP contribution in [0.4, 0.5) is 0 Å². The van der Waals surface area contributed by atoms with Crippen LogP contribution in [0.2, 0.25) is 0 Å². The number of amides is 1. The lowest BCUT2D eigenvalue weighted by Crippen LogP contribution is -2.47. The molecule has 158 valence electrons. The molecule has 1 saturated carbocycles. The molecule has 0 unspecified atom stereocenters. The predicted octanol–water partition coefficient (Wildman–Crippen LogP) is 4.67. The Kier molecular flexibility index (Phi) is 6.82. The molecular formula is C23H30BrNO4. The largest absolute Gasteiger partial charge is 0.459 e. The number of rotatable bonds is 6. The van der Waals surface area contributed by atoms with E-state index in [1.54, 1.807) is 26.0 Å². The lowest BCUT2D eigenvalue weighted by molar-refractivity contribution is -0.150. The SMILES string of the molecule is CC[C@H](C(=O)c1ccc(Br)cc1)[C@H]1[C@H](C(=O)NC2CCCCC2)C(=O)OC1(C)C. The number of Topliss-reactive ketones (excluding diaryl/α,β-unsaturated/α-hetero) is 1. The zero-order valence-corrected chi connectivity index (χ0v) is 19.0. The first-order chi connectivity index (χ1) is 13.7. The summed E-state index contributed by atoms with van der Waals surface area (Å²) >= 11 is 3.39. The zero-order chi connectivity index (χ0) is 21.2. The van der Waals surface area contributed by atoms with Gasteiger partial charge in [-0.1, -0.05) is 54.2 Å². The number of carbonyl (C=O) groups is 3. The third kappa shape index (κ3) is 4.73. The van der Waals surface area contributed by atoms with Gasteiger partial charge in [-0.25, -0.2) is 0 Å². The fourth-order valence-corrected chi connectivity index (χ4v) is 5.16. The molecule has 5 nitrogen and oxygen atoms in total. The summed E-state index contributed by atoms with van der Waals surface area (Å²) < 4.78 is 6.51. The summed E-state index contributed by atoms with van der Waals surface area (Å²) in [7, 11) is 0. The van der Waals surface area contributed by atoms with Crippen LogP contribution in [-0.2, 0) is 14.3 Å². The number of esters is 1. The first-order valence-corrected chi connectivity index (χ1v) is 11.4.